The average molecular weight is 481 g/mol. The molecule has 0 saturated heterocycles. The van der Waals surface area contributed by atoms with Crippen molar-refractivity contribution in [3.05, 3.63) is 0 Å². The third-order valence-electron chi connectivity index (χ3n) is 7.52. The maximum atomic E-state index is 12.8. The Hall–Kier alpha value is -0.530. The van der Waals surface area contributed by atoms with Crippen molar-refractivity contribution in [1.82, 2.24) is 0 Å². The average Bonchev–Trinajstić information content (AvgIpc) is 2.84. The van der Waals surface area contributed by atoms with Gasteiger partial charge >= 0.3 is 5.97 Å². The summed E-state index contributed by atoms with van der Waals surface area (Å²) < 4.78 is 6.11. The van der Waals surface area contributed by atoms with Crippen LogP contribution in [0.1, 0.15) is 188 Å². The van der Waals surface area contributed by atoms with Crippen LogP contribution >= 0.6 is 0 Å². The van der Waals surface area contributed by atoms with Crippen LogP contribution in [0.2, 0.25) is 0 Å². The summed E-state index contributed by atoms with van der Waals surface area (Å²) in [5.41, 5.74) is 0. The zero-order chi connectivity index (χ0) is 25.1. The molecule has 0 aliphatic rings. The molecule has 2 heteroatoms. The first-order valence-corrected chi connectivity index (χ1v) is 15.9. The van der Waals surface area contributed by atoms with Gasteiger partial charge in [0.1, 0.15) is 6.10 Å². The minimum absolute atomic E-state index is 0.0867. The van der Waals surface area contributed by atoms with E-state index in [9.17, 15) is 4.79 Å². The lowest BCUT2D eigenvalue weighted by atomic mass is 9.98. The SMILES string of the molecule is CCCCCCCCCCCCCC(CCCCCCCCCC)OC(=O)C(CC)CCCC. The maximum absolute atomic E-state index is 12.8. The smallest absolute Gasteiger partial charge is 0.309 e. The highest BCUT2D eigenvalue weighted by molar-refractivity contribution is 5.72. The Labute approximate surface area is 215 Å². The minimum Gasteiger partial charge on any atom is -0.462 e. The molecule has 0 bridgehead atoms. The van der Waals surface area contributed by atoms with Gasteiger partial charge in [-0.15, -0.1) is 0 Å². The molecule has 0 spiro atoms. The molecule has 0 aromatic carbocycles. The number of esters is 1. The van der Waals surface area contributed by atoms with E-state index < -0.39 is 0 Å². The molecule has 0 aromatic rings. The van der Waals surface area contributed by atoms with Crippen LogP contribution in [0.15, 0.2) is 0 Å². The zero-order valence-electron chi connectivity index (χ0n) is 24.1. The summed E-state index contributed by atoms with van der Waals surface area (Å²) in [6.45, 7) is 8.91. The first-order chi connectivity index (χ1) is 16.7. The van der Waals surface area contributed by atoms with E-state index in [0.717, 1.165) is 38.5 Å². The molecule has 2 unspecified atom stereocenters. The van der Waals surface area contributed by atoms with E-state index in [4.69, 9.17) is 4.74 Å². The number of hydrogen-bond donors (Lipinski definition) is 0. The Morgan fingerprint density at radius 1 is 0.471 bits per heavy atom. The van der Waals surface area contributed by atoms with Gasteiger partial charge < -0.3 is 4.74 Å². The van der Waals surface area contributed by atoms with Gasteiger partial charge in [-0.1, -0.05) is 150 Å². The van der Waals surface area contributed by atoms with E-state index in [-0.39, 0.29) is 18.0 Å². The van der Waals surface area contributed by atoms with E-state index in [1.54, 1.807) is 0 Å². The number of ether oxygens (including phenoxy) is 1. The summed E-state index contributed by atoms with van der Waals surface area (Å²) in [5, 5.41) is 0. The minimum atomic E-state index is 0.0867. The Morgan fingerprint density at radius 3 is 1.18 bits per heavy atom. The molecule has 0 heterocycles. The van der Waals surface area contributed by atoms with E-state index in [2.05, 4.69) is 27.7 Å². The second-order valence-corrected chi connectivity index (χ2v) is 10.9. The van der Waals surface area contributed by atoms with Crippen LogP contribution in [0.25, 0.3) is 0 Å². The number of rotatable bonds is 27. The van der Waals surface area contributed by atoms with Gasteiger partial charge in [0.2, 0.25) is 0 Å². The Morgan fingerprint density at radius 2 is 0.824 bits per heavy atom. The molecule has 0 radical (unpaired) electrons. The van der Waals surface area contributed by atoms with Gasteiger partial charge in [0.15, 0.2) is 0 Å². The van der Waals surface area contributed by atoms with E-state index in [0.29, 0.717) is 0 Å². The van der Waals surface area contributed by atoms with Crippen LogP contribution < -0.4 is 0 Å². The molecular formula is C32H64O2. The standard InChI is InChI=1S/C32H64O2/c1-5-9-12-14-16-18-19-20-22-24-26-29-31(28-25-23-21-17-15-13-10-6-2)34-32(33)30(8-4)27-11-7-3/h30-31H,5-29H2,1-4H3. The fourth-order valence-electron chi connectivity index (χ4n) is 5.00. The van der Waals surface area contributed by atoms with Crippen molar-refractivity contribution in [2.45, 2.75) is 194 Å². The van der Waals surface area contributed by atoms with Gasteiger partial charge in [0, 0.05) is 0 Å². The molecular weight excluding hydrogens is 416 g/mol. The largest absolute Gasteiger partial charge is 0.462 e. The molecule has 0 fully saturated rings. The molecule has 2 nitrogen and oxygen atoms in total. The van der Waals surface area contributed by atoms with Crippen molar-refractivity contribution in [1.29, 1.82) is 0 Å². The van der Waals surface area contributed by atoms with Crippen LogP contribution in [-0.4, -0.2) is 12.1 Å². The normalized spacial score (nSPS) is 13.2. The first-order valence-electron chi connectivity index (χ1n) is 15.9. The molecule has 0 aliphatic carbocycles. The van der Waals surface area contributed by atoms with E-state index >= 15 is 0 Å². The van der Waals surface area contributed by atoms with E-state index in [1.807, 2.05) is 0 Å². The molecule has 34 heavy (non-hydrogen) atoms. The lowest BCUT2D eigenvalue weighted by Crippen LogP contribution is -2.24. The molecule has 204 valence electrons. The van der Waals surface area contributed by atoms with Crippen molar-refractivity contribution >= 4 is 5.97 Å². The highest BCUT2D eigenvalue weighted by atomic mass is 16.5. The first kappa shape index (κ1) is 33.5. The van der Waals surface area contributed by atoms with Gasteiger partial charge in [-0.3, -0.25) is 4.79 Å². The highest BCUT2D eigenvalue weighted by Crippen LogP contribution is 2.21. The molecule has 0 N–H and O–H groups in total. The predicted molar refractivity (Wildman–Crippen MR) is 151 cm³/mol. The predicted octanol–water partition coefficient (Wildman–Crippen LogP) is 11.3. The van der Waals surface area contributed by atoms with Gasteiger partial charge in [-0.25, -0.2) is 0 Å². The van der Waals surface area contributed by atoms with Crippen LogP contribution in [0.3, 0.4) is 0 Å². The lowest BCUT2D eigenvalue weighted by molar-refractivity contribution is -0.155. The number of carbonyl (C=O) groups is 1. The van der Waals surface area contributed by atoms with Crippen molar-refractivity contribution in [3.8, 4) is 0 Å². The van der Waals surface area contributed by atoms with Crippen LogP contribution in [0, 0.1) is 5.92 Å². The van der Waals surface area contributed by atoms with Crippen LogP contribution in [0.4, 0.5) is 0 Å². The Bertz CT molecular complexity index is 406. The maximum Gasteiger partial charge on any atom is 0.309 e. The summed E-state index contributed by atoms with van der Waals surface area (Å²) in [5.74, 6) is 0.196. The summed E-state index contributed by atoms with van der Waals surface area (Å²) in [6.07, 6.45) is 32.3. The Kier molecular flexibility index (Phi) is 26.6. The number of hydrogen-bond acceptors (Lipinski definition) is 2. The fourth-order valence-corrected chi connectivity index (χ4v) is 5.00. The molecule has 2 atom stereocenters. The third kappa shape index (κ3) is 22.0. The summed E-state index contributed by atoms with van der Waals surface area (Å²) in [4.78, 5) is 12.8. The lowest BCUT2D eigenvalue weighted by Gasteiger charge is -2.21. The summed E-state index contributed by atoms with van der Waals surface area (Å²) in [7, 11) is 0. The molecule has 0 amide bonds. The van der Waals surface area contributed by atoms with Crippen LogP contribution in [0.5, 0.6) is 0 Å². The van der Waals surface area contributed by atoms with Gasteiger partial charge in [0.25, 0.3) is 0 Å². The Balaban J connectivity index is 4.16. The topological polar surface area (TPSA) is 26.3 Å². The van der Waals surface area contributed by atoms with Crippen molar-refractivity contribution in [2.24, 2.45) is 5.92 Å². The van der Waals surface area contributed by atoms with Gasteiger partial charge in [-0.2, -0.15) is 0 Å². The molecule has 0 rings (SSSR count). The molecule has 0 saturated carbocycles. The second kappa shape index (κ2) is 27.1. The van der Waals surface area contributed by atoms with Gasteiger partial charge in [-0.05, 0) is 38.5 Å². The molecule has 0 aliphatic heterocycles. The quantitative estimate of drug-likeness (QED) is 0.0862. The molecule has 0 aromatic heterocycles. The fraction of sp³-hybridized carbons (Fsp3) is 0.969. The second-order valence-electron chi connectivity index (χ2n) is 10.9. The third-order valence-corrected chi connectivity index (χ3v) is 7.52. The number of carbonyl (C=O) groups excluding carboxylic acids is 1. The zero-order valence-corrected chi connectivity index (χ0v) is 24.1. The van der Waals surface area contributed by atoms with Crippen molar-refractivity contribution < 1.29 is 9.53 Å². The van der Waals surface area contributed by atoms with Gasteiger partial charge in [0.05, 0.1) is 5.92 Å². The van der Waals surface area contributed by atoms with Crippen molar-refractivity contribution in [3.63, 3.8) is 0 Å². The van der Waals surface area contributed by atoms with Crippen molar-refractivity contribution in [2.75, 3.05) is 0 Å². The summed E-state index contributed by atoms with van der Waals surface area (Å²) in [6, 6.07) is 0. The monoisotopic (exact) mass is 480 g/mol. The van der Waals surface area contributed by atoms with Crippen LogP contribution in [-0.2, 0) is 9.53 Å². The highest BCUT2D eigenvalue weighted by Gasteiger charge is 2.21. The summed E-state index contributed by atoms with van der Waals surface area (Å²) >= 11 is 0. The van der Waals surface area contributed by atoms with E-state index in [1.165, 1.54) is 122 Å². The number of unbranched alkanes of at least 4 members (excludes halogenated alkanes) is 18.